The number of carbonyl (C=O) groups excluding carboxylic acids is 3. The minimum Gasteiger partial charge on any atom is -0.462 e. The third kappa shape index (κ3) is 4.10. The predicted octanol–water partition coefficient (Wildman–Crippen LogP) is 1.61. The van der Waals surface area contributed by atoms with Crippen LogP contribution in [0.2, 0.25) is 0 Å². The average molecular weight is 416 g/mol. The number of rotatable bonds is 9. The van der Waals surface area contributed by atoms with Gasteiger partial charge in [0.05, 0.1) is 16.8 Å². The number of ether oxygens (including phenoxy) is 2. The zero-order chi connectivity index (χ0) is 20.7. The molecule has 3 aliphatic rings. The molecule has 0 aromatic heterocycles. The smallest absolute Gasteiger partial charge is 0.313 e. The second kappa shape index (κ2) is 7.74. The Balaban J connectivity index is 1.38. The van der Waals surface area contributed by atoms with Gasteiger partial charge in [-0.3, -0.25) is 18.6 Å². The Bertz CT molecular complexity index is 756. The summed E-state index contributed by atoms with van der Waals surface area (Å²) in [6.45, 7) is 5.28. The van der Waals surface area contributed by atoms with Crippen LogP contribution in [-0.4, -0.2) is 50.7 Å². The number of esters is 2. The predicted molar refractivity (Wildman–Crippen MR) is 97.5 cm³/mol. The van der Waals surface area contributed by atoms with Crippen LogP contribution in [0.5, 0.6) is 0 Å². The van der Waals surface area contributed by atoms with E-state index in [9.17, 15) is 22.8 Å². The number of hydrogen-bond donors (Lipinski definition) is 0. The van der Waals surface area contributed by atoms with Crippen molar-refractivity contribution in [3.8, 4) is 0 Å². The maximum atomic E-state index is 12.2. The van der Waals surface area contributed by atoms with Gasteiger partial charge in [-0.05, 0) is 44.9 Å². The van der Waals surface area contributed by atoms with Gasteiger partial charge in [-0.25, -0.2) is 0 Å². The largest absolute Gasteiger partial charge is 0.462 e. The van der Waals surface area contributed by atoms with Crippen LogP contribution in [0.25, 0.3) is 0 Å². The van der Waals surface area contributed by atoms with Crippen molar-refractivity contribution in [2.24, 2.45) is 23.2 Å². The molecule has 28 heavy (non-hydrogen) atoms. The van der Waals surface area contributed by atoms with Crippen LogP contribution in [0, 0.1) is 23.2 Å². The minimum atomic E-state index is -3.50. The van der Waals surface area contributed by atoms with E-state index in [4.69, 9.17) is 13.7 Å². The molecule has 2 bridgehead atoms. The zero-order valence-electron chi connectivity index (χ0n) is 16.5. The molecule has 2 saturated carbocycles. The van der Waals surface area contributed by atoms with Gasteiger partial charge in [-0.1, -0.05) is 6.92 Å². The normalized spacial score (nSPS) is 32.3. The molecule has 5 unspecified atom stereocenters. The van der Waals surface area contributed by atoms with Crippen molar-refractivity contribution in [3.05, 3.63) is 0 Å². The molecule has 1 saturated heterocycles. The Labute approximate surface area is 165 Å². The van der Waals surface area contributed by atoms with Gasteiger partial charge in [0.2, 0.25) is 0 Å². The highest BCUT2D eigenvalue weighted by Crippen LogP contribution is 2.58. The van der Waals surface area contributed by atoms with Crippen LogP contribution < -0.4 is 0 Å². The summed E-state index contributed by atoms with van der Waals surface area (Å²) >= 11 is 0. The van der Waals surface area contributed by atoms with Gasteiger partial charge >= 0.3 is 11.9 Å². The minimum absolute atomic E-state index is 0.0122. The summed E-state index contributed by atoms with van der Waals surface area (Å²) in [5.41, 5.74) is -0.588. The van der Waals surface area contributed by atoms with Crippen LogP contribution in [0.15, 0.2) is 0 Å². The summed E-state index contributed by atoms with van der Waals surface area (Å²) in [5, 5.41) is -0.417. The topological polar surface area (TPSA) is 113 Å². The monoisotopic (exact) mass is 416 g/mol. The third-order valence-electron chi connectivity index (χ3n) is 6.47. The van der Waals surface area contributed by atoms with E-state index in [0.29, 0.717) is 12.8 Å². The van der Waals surface area contributed by atoms with Crippen LogP contribution in [0.3, 0.4) is 0 Å². The van der Waals surface area contributed by atoms with E-state index in [1.807, 2.05) is 6.92 Å². The van der Waals surface area contributed by atoms with Crippen molar-refractivity contribution in [3.63, 3.8) is 0 Å². The standard InChI is InChI=1S/C19H28O8S/c1-4-19(2,3)18(22)26-6-5-25-16(21)10-12(20)9-13-11-7-14-15(8-11)28(23,24)27-17(13)14/h11,13-15,17H,4-10H2,1-3H3. The first-order valence-electron chi connectivity index (χ1n) is 9.82. The molecule has 8 nitrogen and oxygen atoms in total. The lowest BCUT2D eigenvalue weighted by Gasteiger charge is -2.24. The van der Waals surface area contributed by atoms with E-state index in [1.165, 1.54) is 0 Å². The molecule has 2 aliphatic carbocycles. The molecule has 1 heterocycles. The molecular formula is C19H28O8S. The highest BCUT2D eigenvalue weighted by atomic mass is 32.2. The molecular weight excluding hydrogens is 388 g/mol. The Kier molecular flexibility index (Phi) is 5.87. The van der Waals surface area contributed by atoms with Gasteiger partial charge in [0.25, 0.3) is 10.1 Å². The number of fused-ring (bicyclic) bond motifs is 1. The summed E-state index contributed by atoms with van der Waals surface area (Å²) in [5.74, 6) is -1.30. The summed E-state index contributed by atoms with van der Waals surface area (Å²) < 4.78 is 39.2. The Morgan fingerprint density at radius 1 is 1.11 bits per heavy atom. The van der Waals surface area contributed by atoms with E-state index in [1.54, 1.807) is 13.8 Å². The lowest BCUT2D eigenvalue weighted by atomic mass is 9.82. The second-order valence-electron chi connectivity index (χ2n) is 8.66. The van der Waals surface area contributed by atoms with Gasteiger partial charge in [0, 0.05) is 12.3 Å². The first-order valence-corrected chi connectivity index (χ1v) is 11.3. The molecule has 5 atom stereocenters. The maximum absolute atomic E-state index is 12.2. The van der Waals surface area contributed by atoms with Crippen LogP contribution >= 0.6 is 0 Å². The van der Waals surface area contributed by atoms with Crippen molar-refractivity contribution in [2.75, 3.05) is 13.2 Å². The lowest BCUT2D eigenvalue weighted by molar-refractivity contribution is -0.159. The Hall–Kier alpha value is -1.48. The molecule has 0 N–H and O–H groups in total. The molecule has 9 heteroatoms. The quantitative estimate of drug-likeness (QED) is 0.241. The van der Waals surface area contributed by atoms with Crippen molar-refractivity contribution in [1.29, 1.82) is 0 Å². The van der Waals surface area contributed by atoms with Crippen molar-refractivity contribution < 1.29 is 36.5 Å². The zero-order valence-corrected chi connectivity index (χ0v) is 17.3. The fourth-order valence-electron chi connectivity index (χ4n) is 4.51. The van der Waals surface area contributed by atoms with E-state index in [2.05, 4.69) is 0 Å². The van der Waals surface area contributed by atoms with Crippen molar-refractivity contribution >= 4 is 27.8 Å². The number of ketones is 1. The highest BCUT2D eigenvalue weighted by molar-refractivity contribution is 7.87. The highest BCUT2D eigenvalue weighted by Gasteiger charge is 2.63. The fraction of sp³-hybridized carbons (Fsp3) is 0.842. The molecule has 0 radical (unpaired) electrons. The van der Waals surface area contributed by atoms with Crippen LogP contribution in [-0.2, 0) is 38.2 Å². The summed E-state index contributed by atoms with van der Waals surface area (Å²) in [7, 11) is -3.50. The van der Waals surface area contributed by atoms with Crippen molar-refractivity contribution in [1.82, 2.24) is 0 Å². The number of Topliss-reactive ketones (excluding diaryl/α,β-unsaturated/α-hetero) is 1. The maximum Gasteiger partial charge on any atom is 0.313 e. The second-order valence-corrected chi connectivity index (χ2v) is 10.4. The molecule has 0 spiro atoms. The van der Waals surface area contributed by atoms with Gasteiger partial charge in [-0.2, -0.15) is 8.42 Å². The Morgan fingerprint density at radius 2 is 1.79 bits per heavy atom. The van der Waals surface area contributed by atoms with Crippen LogP contribution in [0.4, 0.5) is 0 Å². The molecule has 3 rings (SSSR count). The van der Waals surface area contributed by atoms with E-state index in [0.717, 1.165) is 6.42 Å². The first kappa shape index (κ1) is 21.2. The molecule has 158 valence electrons. The van der Waals surface area contributed by atoms with Gasteiger partial charge in [0.1, 0.15) is 25.4 Å². The molecule has 0 amide bonds. The van der Waals surface area contributed by atoms with Crippen LogP contribution in [0.1, 0.15) is 52.9 Å². The van der Waals surface area contributed by atoms with Gasteiger partial charge in [0.15, 0.2) is 0 Å². The Morgan fingerprint density at radius 3 is 2.46 bits per heavy atom. The molecule has 1 aliphatic heterocycles. The molecule has 3 fully saturated rings. The van der Waals surface area contributed by atoms with E-state index >= 15 is 0 Å². The summed E-state index contributed by atoms with van der Waals surface area (Å²) in [4.78, 5) is 35.9. The number of carbonyl (C=O) groups is 3. The van der Waals surface area contributed by atoms with E-state index < -0.39 is 32.9 Å². The lowest BCUT2D eigenvalue weighted by Crippen LogP contribution is -2.31. The summed E-state index contributed by atoms with van der Waals surface area (Å²) in [6, 6.07) is 0. The van der Waals surface area contributed by atoms with Gasteiger partial charge in [-0.15, -0.1) is 0 Å². The van der Waals surface area contributed by atoms with Gasteiger partial charge < -0.3 is 9.47 Å². The average Bonchev–Trinajstić information content (AvgIpc) is 3.22. The van der Waals surface area contributed by atoms with Crippen molar-refractivity contribution in [2.45, 2.75) is 64.2 Å². The molecule has 0 aromatic rings. The van der Waals surface area contributed by atoms with E-state index in [-0.39, 0.29) is 55.6 Å². The summed E-state index contributed by atoms with van der Waals surface area (Å²) in [6.07, 6.45) is 1.29. The third-order valence-corrected chi connectivity index (χ3v) is 8.25. The molecule has 0 aromatic carbocycles. The first-order chi connectivity index (χ1) is 13.0. The fourth-order valence-corrected chi connectivity index (χ4v) is 6.43. The SMILES string of the molecule is CCC(C)(C)C(=O)OCCOC(=O)CC(=O)CC1C2CC3C1OS(=O)(=O)C3C2. The number of hydrogen-bond acceptors (Lipinski definition) is 8.